The van der Waals surface area contributed by atoms with Crippen LogP contribution in [0.2, 0.25) is 0 Å². The molecule has 0 atom stereocenters. The van der Waals surface area contributed by atoms with Gasteiger partial charge in [0.1, 0.15) is 0 Å². The van der Waals surface area contributed by atoms with E-state index in [1.54, 1.807) is 6.08 Å². The molecule has 0 aliphatic heterocycles. The Balaban J connectivity index is -0.0000000720. The van der Waals surface area contributed by atoms with E-state index in [0.29, 0.717) is 6.54 Å². The molecule has 1 radical (unpaired) electrons. The van der Waals surface area contributed by atoms with E-state index in [0.717, 1.165) is 0 Å². The molecule has 0 spiro atoms. The first-order valence-electron chi connectivity index (χ1n) is 1.94. The third-order valence-corrected chi connectivity index (χ3v) is 0.167. The summed E-state index contributed by atoms with van der Waals surface area (Å²) in [5.74, 6) is 0. The van der Waals surface area contributed by atoms with Crippen LogP contribution in [0.3, 0.4) is 0 Å². The average molecular weight is 226 g/mol. The van der Waals surface area contributed by atoms with Crippen molar-refractivity contribution in [2.45, 2.75) is 0 Å². The van der Waals surface area contributed by atoms with Crippen LogP contribution in [0.5, 0.6) is 0 Å². The van der Waals surface area contributed by atoms with Gasteiger partial charge in [0.2, 0.25) is 0 Å². The first-order chi connectivity index (χ1) is 3.65. The molecule has 5 heteroatoms. The number of carbonyl (C=O) groups is 1. The Morgan fingerprint density at radius 3 is 1.89 bits per heavy atom. The minimum absolute atomic E-state index is 0. The number of hydrogen-bond acceptors (Lipinski definition) is 2. The Morgan fingerprint density at radius 2 is 1.89 bits per heavy atom. The van der Waals surface area contributed by atoms with Crippen molar-refractivity contribution >= 4 is 6.09 Å². The summed E-state index contributed by atoms with van der Waals surface area (Å²) in [6.45, 7) is 3.94. The summed E-state index contributed by atoms with van der Waals surface area (Å²) in [6.07, 6.45) is 0.319. The van der Waals surface area contributed by atoms with Crippen LogP contribution in [0.1, 0.15) is 0 Å². The molecule has 0 rings (SSSR count). The Labute approximate surface area is 69.4 Å². The standard InChI is InChI=1S/C3H7N.CH3NO2.Ag/c1-2-3-4;2-1(3)4;/h2H,1,3-4H2;2H2,(H,3,4);. The fourth-order valence-electron chi connectivity index (χ4n) is 0. The van der Waals surface area contributed by atoms with Gasteiger partial charge in [0, 0.05) is 28.9 Å². The summed E-state index contributed by atoms with van der Waals surface area (Å²) in [5, 5.41) is 7.19. The van der Waals surface area contributed by atoms with Crippen LogP contribution in [0.4, 0.5) is 4.79 Å². The average Bonchev–Trinajstić information content (AvgIpc) is 1.65. The summed E-state index contributed by atoms with van der Waals surface area (Å²) in [6, 6.07) is 0. The molecule has 0 saturated carbocycles. The van der Waals surface area contributed by atoms with Gasteiger partial charge in [0.05, 0.1) is 0 Å². The van der Waals surface area contributed by atoms with Crippen LogP contribution in [-0.2, 0) is 22.4 Å². The molecular weight excluding hydrogens is 216 g/mol. The number of primary amides is 1. The molecule has 0 unspecified atom stereocenters. The van der Waals surface area contributed by atoms with Crippen molar-refractivity contribution in [3.05, 3.63) is 12.7 Å². The van der Waals surface area contributed by atoms with E-state index in [1.807, 2.05) is 0 Å². The van der Waals surface area contributed by atoms with E-state index < -0.39 is 6.09 Å². The van der Waals surface area contributed by atoms with E-state index in [9.17, 15) is 0 Å². The maximum Gasteiger partial charge on any atom is 0.402 e. The molecule has 59 valence electrons. The predicted molar refractivity (Wildman–Crippen MR) is 31.5 cm³/mol. The molecule has 0 heterocycles. The largest absolute Gasteiger partial charge is 0.465 e. The van der Waals surface area contributed by atoms with Crippen molar-refractivity contribution in [2.75, 3.05) is 6.54 Å². The molecule has 9 heavy (non-hydrogen) atoms. The minimum Gasteiger partial charge on any atom is -0.465 e. The van der Waals surface area contributed by atoms with Gasteiger partial charge in [0.25, 0.3) is 0 Å². The Kier molecular flexibility index (Phi) is 27.6. The zero-order valence-corrected chi connectivity index (χ0v) is 6.29. The topological polar surface area (TPSA) is 89.3 Å². The second-order valence-corrected chi connectivity index (χ2v) is 0.863. The molecule has 1 amide bonds. The monoisotopic (exact) mass is 225 g/mol. The summed E-state index contributed by atoms with van der Waals surface area (Å²) < 4.78 is 0. The van der Waals surface area contributed by atoms with E-state index >= 15 is 0 Å². The number of carboxylic acid groups (broad SMARTS) is 1. The zero-order valence-electron chi connectivity index (χ0n) is 4.80. The van der Waals surface area contributed by atoms with Crippen molar-refractivity contribution in [1.29, 1.82) is 0 Å². The van der Waals surface area contributed by atoms with Gasteiger partial charge in [-0.2, -0.15) is 0 Å². The quantitative estimate of drug-likeness (QED) is 0.425. The second kappa shape index (κ2) is 15.6. The molecule has 0 bridgehead atoms. The smallest absolute Gasteiger partial charge is 0.402 e. The number of rotatable bonds is 1. The SMILES string of the molecule is C=CCN.NC(=O)O.[Ag]. The van der Waals surface area contributed by atoms with Crippen LogP contribution in [0, 0.1) is 0 Å². The van der Waals surface area contributed by atoms with Crippen LogP contribution in [-0.4, -0.2) is 17.7 Å². The molecule has 4 nitrogen and oxygen atoms in total. The van der Waals surface area contributed by atoms with Crippen molar-refractivity contribution in [3.8, 4) is 0 Å². The molecule has 0 aromatic heterocycles. The van der Waals surface area contributed by atoms with Crippen LogP contribution in [0.15, 0.2) is 12.7 Å². The van der Waals surface area contributed by atoms with Gasteiger partial charge in [0.15, 0.2) is 0 Å². The normalized spacial score (nSPS) is 5.44. The predicted octanol–water partition coefficient (Wildman–Crippen LogP) is -0.248. The summed E-state index contributed by atoms with van der Waals surface area (Å²) in [7, 11) is 0. The number of nitrogens with two attached hydrogens (primary N) is 2. The summed E-state index contributed by atoms with van der Waals surface area (Å²) >= 11 is 0. The zero-order chi connectivity index (χ0) is 6.99. The van der Waals surface area contributed by atoms with Gasteiger partial charge in [-0.15, -0.1) is 6.58 Å². The van der Waals surface area contributed by atoms with Gasteiger partial charge in [-0.3, -0.25) is 0 Å². The van der Waals surface area contributed by atoms with Gasteiger partial charge >= 0.3 is 6.09 Å². The molecule has 0 aromatic carbocycles. The molecule has 0 fully saturated rings. The molecule has 0 aromatic rings. The van der Waals surface area contributed by atoms with Crippen LogP contribution >= 0.6 is 0 Å². The van der Waals surface area contributed by atoms with Crippen molar-refractivity contribution < 1.29 is 32.3 Å². The third kappa shape index (κ3) is 498. The maximum absolute atomic E-state index is 8.78. The van der Waals surface area contributed by atoms with Crippen molar-refractivity contribution in [1.82, 2.24) is 0 Å². The van der Waals surface area contributed by atoms with Gasteiger partial charge in [-0.05, 0) is 0 Å². The Hall–Kier alpha value is -0.290. The summed E-state index contributed by atoms with van der Waals surface area (Å²) in [5.41, 5.74) is 8.94. The van der Waals surface area contributed by atoms with E-state index in [1.165, 1.54) is 0 Å². The molecule has 0 aliphatic carbocycles. The number of amides is 1. The fourth-order valence-corrected chi connectivity index (χ4v) is 0. The van der Waals surface area contributed by atoms with Gasteiger partial charge in [-0.1, -0.05) is 6.08 Å². The first kappa shape index (κ1) is 15.9. The van der Waals surface area contributed by atoms with Crippen LogP contribution in [0.25, 0.3) is 0 Å². The summed E-state index contributed by atoms with van der Waals surface area (Å²) in [4.78, 5) is 8.78. The maximum atomic E-state index is 8.78. The molecular formula is C4H10AgN2O2. The van der Waals surface area contributed by atoms with E-state index in [-0.39, 0.29) is 22.4 Å². The Bertz CT molecular complexity index is 73.0. The minimum atomic E-state index is -1.33. The van der Waals surface area contributed by atoms with Gasteiger partial charge < -0.3 is 16.6 Å². The van der Waals surface area contributed by atoms with Crippen molar-refractivity contribution in [3.63, 3.8) is 0 Å². The third-order valence-electron chi connectivity index (χ3n) is 0.167. The second-order valence-electron chi connectivity index (χ2n) is 0.863. The molecule has 0 saturated heterocycles. The number of hydrogen-bond donors (Lipinski definition) is 3. The van der Waals surface area contributed by atoms with Crippen molar-refractivity contribution in [2.24, 2.45) is 11.5 Å². The molecule has 5 N–H and O–H groups in total. The Morgan fingerprint density at radius 1 is 1.78 bits per heavy atom. The first-order valence-corrected chi connectivity index (χ1v) is 1.94. The molecule has 0 aliphatic rings. The van der Waals surface area contributed by atoms with Gasteiger partial charge in [-0.25, -0.2) is 4.79 Å². The van der Waals surface area contributed by atoms with E-state index in [4.69, 9.17) is 15.6 Å². The van der Waals surface area contributed by atoms with Crippen LogP contribution < -0.4 is 11.5 Å². The fraction of sp³-hybridized carbons (Fsp3) is 0.250. The van der Waals surface area contributed by atoms with E-state index in [2.05, 4.69) is 12.3 Å².